The van der Waals surface area contributed by atoms with Crippen LogP contribution in [0.2, 0.25) is 0 Å². The fourth-order valence-corrected chi connectivity index (χ4v) is 5.52. The number of rotatable bonds is 38. The number of esters is 3. The third-order valence-corrected chi connectivity index (χ3v) is 8.87. The Morgan fingerprint density at radius 3 is 1.41 bits per heavy atom. The Morgan fingerprint density at radius 2 is 0.828 bits per heavy atom. The Bertz CT molecular complexity index is 1290. The third kappa shape index (κ3) is 42.9. The second kappa shape index (κ2) is 45.5. The molecule has 0 spiro atoms. The molecule has 1 unspecified atom stereocenters. The van der Waals surface area contributed by atoms with Crippen LogP contribution in [0.5, 0.6) is 0 Å². The zero-order valence-corrected chi connectivity index (χ0v) is 36.8. The smallest absolute Gasteiger partial charge is 0.309 e. The van der Waals surface area contributed by atoms with E-state index in [4.69, 9.17) is 14.2 Å². The molecule has 0 aliphatic heterocycles. The van der Waals surface area contributed by atoms with Gasteiger partial charge in [0.25, 0.3) is 0 Å². The van der Waals surface area contributed by atoms with Gasteiger partial charge in [-0.15, -0.1) is 0 Å². The molecule has 324 valence electrons. The summed E-state index contributed by atoms with van der Waals surface area (Å²) in [4.78, 5) is 37.6. The highest BCUT2D eigenvalue weighted by molar-refractivity contribution is 5.72. The number of carbonyl (C=O) groups is 3. The maximum absolute atomic E-state index is 12.7. The third-order valence-electron chi connectivity index (χ3n) is 8.87. The Labute approximate surface area is 354 Å². The lowest BCUT2D eigenvalue weighted by Crippen LogP contribution is -2.30. The summed E-state index contributed by atoms with van der Waals surface area (Å²) in [5.74, 6) is -1.18. The van der Waals surface area contributed by atoms with Crippen molar-refractivity contribution in [2.45, 2.75) is 175 Å². The second-order valence-corrected chi connectivity index (χ2v) is 14.4. The summed E-state index contributed by atoms with van der Waals surface area (Å²) >= 11 is 0. The molecule has 58 heavy (non-hydrogen) atoms. The lowest BCUT2D eigenvalue weighted by atomic mass is 10.1. The first-order valence-corrected chi connectivity index (χ1v) is 22.6. The summed E-state index contributed by atoms with van der Waals surface area (Å²) in [7, 11) is 0. The molecule has 0 radical (unpaired) electrons. The van der Waals surface area contributed by atoms with Crippen LogP contribution >= 0.6 is 0 Å². The number of ether oxygens (including phenoxy) is 3. The van der Waals surface area contributed by atoms with Crippen LogP contribution in [0.3, 0.4) is 0 Å². The Kier molecular flexibility index (Phi) is 42.2. The SMILES string of the molecule is CC\C=C/C=C\C=C/C=C\C=C/CCCC(=O)OC(COC(=O)C/C=C\C/C=C\C/C=C\CC)COC(=O)CCCCCCC/C=C\C=C/CCCCCCCCC. The molecule has 0 fully saturated rings. The Hall–Kier alpha value is -4.19. The van der Waals surface area contributed by atoms with Crippen LogP contribution in [0.15, 0.2) is 122 Å². The van der Waals surface area contributed by atoms with Gasteiger partial charge in [-0.3, -0.25) is 14.4 Å². The largest absolute Gasteiger partial charge is 0.462 e. The summed E-state index contributed by atoms with van der Waals surface area (Å²) in [6, 6.07) is 0. The summed E-state index contributed by atoms with van der Waals surface area (Å²) < 4.78 is 16.5. The van der Waals surface area contributed by atoms with Gasteiger partial charge in [-0.25, -0.2) is 0 Å². The van der Waals surface area contributed by atoms with Crippen LogP contribution in [0, 0.1) is 0 Å². The zero-order chi connectivity index (χ0) is 42.3. The van der Waals surface area contributed by atoms with Gasteiger partial charge in [0, 0.05) is 12.8 Å². The van der Waals surface area contributed by atoms with E-state index in [1.807, 2.05) is 60.8 Å². The van der Waals surface area contributed by atoms with Crippen LogP contribution in [0.1, 0.15) is 168 Å². The first kappa shape index (κ1) is 53.8. The van der Waals surface area contributed by atoms with E-state index in [0.29, 0.717) is 19.3 Å². The van der Waals surface area contributed by atoms with Crippen LogP contribution in [0.4, 0.5) is 0 Å². The summed E-state index contributed by atoms with van der Waals surface area (Å²) in [5.41, 5.74) is 0. The Balaban J connectivity index is 4.55. The quantitative estimate of drug-likeness (QED) is 0.0203. The molecule has 0 rings (SSSR count). The number of unbranched alkanes of at least 4 members (excludes halogenated alkanes) is 13. The molecule has 0 saturated carbocycles. The molecule has 0 aromatic heterocycles. The van der Waals surface area contributed by atoms with Gasteiger partial charge in [0.1, 0.15) is 13.2 Å². The molecule has 0 aliphatic rings. The monoisotopic (exact) mass is 801 g/mol. The van der Waals surface area contributed by atoms with E-state index in [-0.39, 0.29) is 32.0 Å². The molecule has 0 N–H and O–H groups in total. The van der Waals surface area contributed by atoms with Crippen molar-refractivity contribution in [3.63, 3.8) is 0 Å². The molecule has 0 bridgehead atoms. The van der Waals surface area contributed by atoms with Gasteiger partial charge in [0.05, 0.1) is 6.42 Å². The minimum atomic E-state index is -0.858. The van der Waals surface area contributed by atoms with E-state index < -0.39 is 18.0 Å². The normalized spacial score (nSPS) is 13.2. The molecule has 0 amide bonds. The highest BCUT2D eigenvalue weighted by Gasteiger charge is 2.19. The van der Waals surface area contributed by atoms with Crippen molar-refractivity contribution in [3.05, 3.63) is 122 Å². The molecule has 1 atom stereocenters. The first-order chi connectivity index (χ1) is 28.5. The molecule has 0 saturated heterocycles. The van der Waals surface area contributed by atoms with Crippen molar-refractivity contribution in [2.75, 3.05) is 13.2 Å². The Morgan fingerprint density at radius 1 is 0.397 bits per heavy atom. The molecule has 0 aromatic rings. The minimum Gasteiger partial charge on any atom is -0.462 e. The number of hydrogen-bond donors (Lipinski definition) is 0. The molecule has 6 nitrogen and oxygen atoms in total. The summed E-state index contributed by atoms with van der Waals surface area (Å²) in [5, 5.41) is 0. The summed E-state index contributed by atoms with van der Waals surface area (Å²) in [6.07, 6.45) is 62.3. The summed E-state index contributed by atoms with van der Waals surface area (Å²) in [6.45, 7) is 6.16. The number of carbonyl (C=O) groups excluding carboxylic acids is 3. The van der Waals surface area contributed by atoms with Crippen molar-refractivity contribution in [1.82, 2.24) is 0 Å². The predicted molar refractivity (Wildman–Crippen MR) is 246 cm³/mol. The van der Waals surface area contributed by atoms with Gasteiger partial charge >= 0.3 is 17.9 Å². The highest BCUT2D eigenvalue weighted by atomic mass is 16.6. The predicted octanol–water partition coefficient (Wildman–Crippen LogP) is 14.6. The molecular weight excluding hydrogens is 721 g/mol. The maximum atomic E-state index is 12.7. The molecule has 0 heterocycles. The van der Waals surface area contributed by atoms with Crippen LogP contribution in [0.25, 0.3) is 0 Å². The number of allylic oxidation sites excluding steroid dienone is 19. The lowest BCUT2D eigenvalue weighted by Gasteiger charge is -2.18. The van der Waals surface area contributed by atoms with Gasteiger partial charge in [0.2, 0.25) is 0 Å². The van der Waals surface area contributed by atoms with Crippen molar-refractivity contribution < 1.29 is 28.6 Å². The van der Waals surface area contributed by atoms with E-state index in [9.17, 15) is 14.4 Å². The average Bonchev–Trinajstić information content (AvgIpc) is 3.22. The fourth-order valence-electron chi connectivity index (χ4n) is 5.52. The van der Waals surface area contributed by atoms with Gasteiger partial charge in [-0.1, -0.05) is 200 Å². The molecule has 0 aromatic carbocycles. The minimum absolute atomic E-state index is 0.111. The standard InChI is InChI=1S/C52H80O6/c1-4-7-10-13-16-19-21-23-24-25-26-27-29-30-33-36-39-42-45-51(54)57-48-49(47-56-50(53)44-41-38-35-32-18-15-12-9-6-3)58-52(55)46-43-40-37-34-31-28-22-20-17-14-11-8-5-2/h8-9,11-12,14,17-18,20,22,24-28,31-32,34,37-38,41,49H,4-7,10,13,15-16,19,21,23,29-30,33,35-36,39-40,42-48H2,1-3H3/b11-8-,12-9-,17-14-,22-20-,25-24-,27-26-,31-28-,32-18-,37-34-,41-38-. The average molecular weight is 801 g/mol. The first-order valence-electron chi connectivity index (χ1n) is 22.6. The van der Waals surface area contributed by atoms with Crippen molar-refractivity contribution in [1.29, 1.82) is 0 Å². The molecule has 0 aliphatic carbocycles. The van der Waals surface area contributed by atoms with Gasteiger partial charge < -0.3 is 14.2 Å². The van der Waals surface area contributed by atoms with Crippen LogP contribution < -0.4 is 0 Å². The molecular formula is C52H80O6. The van der Waals surface area contributed by atoms with E-state index in [2.05, 4.69) is 75.5 Å². The topological polar surface area (TPSA) is 78.9 Å². The maximum Gasteiger partial charge on any atom is 0.309 e. The lowest BCUT2D eigenvalue weighted by molar-refractivity contribution is -0.166. The van der Waals surface area contributed by atoms with E-state index in [1.54, 1.807) is 6.08 Å². The van der Waals surface area contributed by atoms with Crippen LogP contribution in [-0.2, 0) is 28.6 Å². The van der Waals surface area contributed by atoms with E-state index >= 15 is 0 Å². The number of hydrogen-bond acceptors (Lipinski definition) is 6. The molecule has 6 heteroatoms. The van der Waals surface area contributed by atoms with Gasteiger partial charge in [-0.05, 0) is 70.6 Å². The van der Waals surface area contributed by atoms with Gasteiger partial charge in [-0.2, -0.15) is 0 Å². The zero-order valence-electron chi connectivity index (χ0n) is 36.8. The van der Waals surface area contributed by atoms with Crippen LogP contribution in [-0.4, -0.2) is 37.2 Å². The van der Waals surface area contributed by atoms with Crippen molar-refractivity contribution in [2.24, 2.45) is 0 Å². The second-order valence-electron chi connectivity index (χ2n) is 14.4. The highest BCUT2D eigenvalue weighted by Crippen LogP contribution is 2.11. The van der Waals surface area contributed by atoms with Crippen molar-refractivity contribution >= 4 is 17.9 Å². The van der Waals surface area contributed by atoms with E-state index in [1.165, 1.54) is 51.4 Å². The van der Waals surface area contributed by atoms with Gasteiger partial charge in [0.15, 0.2) is 6.10 Å². The van der Waals surface area contributed by atoms with Crippen molar-refractivity contribution in [3.8, 4) is 0 Å². The van der Waals surface area contributed by atoms with E-state index in [0.717, 1.165) is 64.2 Å². The fraction of sp³-hybridized carbons (Fsp3) is 0.558.